The first-order valence-electron chi connectivity index (χ1n) is 10.2. The Labute approximate surface area is 161 Å². The maximum atomic E-state index is 13.4. The van der Waals surface area contributed by atoms with E-state index in [1.54, 1.807) is 0 Å². The van der Waals surface area contributed by atoms with Crippen LogP contribution in [0.15, 0.2) is 11.6 Å². The van der Waals surface area contributed by atoms with Gasteiger partial charge in [-0.1, -0.05) is 26.8 Å². The molecule has 1 aliphatic heterocycles. The SMILES string of the molecule is CC(=O)O[C@@H]1[C@@H]2[C@H]3O[C@]3(C)CC[C@H]3[C@H](/C=C(/C)C(=O)[C@@]2(O)C[C@@H]1C)C3(C)C. The molecule has 8 atom stereocenters. The van der Waals surface area contributed by atoms with Crippen LogP contribution in [0.25, 0.3) is 0 Å². The molecule has 4 rings (SSSR count). The van der Waals surface area contributed by atoms with Gasteiger partial charge in [0.05, 0.1) is 17.6 Å². The minimum atomic E-state index is -1.54. The molecule has 4 aliphatic rings. The number of carbonyl (C=O) groups excluding carboxylic acids is 2. The Kier molecular flexibility index (Phi) is 4.01. The van der Waals surface area contributed by atoms with Crippen LogP contribution in [0.4, 0.5) is 0 Å². The Balaban J connectivity index is 1.75. The van der Waals surface area contributed by atoms with E-state index < -0.39 is 17.6 Å². The van der Waals surface area contributed by atoms with Gasteiger partial charge in [0, 0.05) is 6.92 Å². The van der Waals surface area contributed by atoms with Gasteiger partial charge >= 0.3 is 5.97 Å². The first-order chi connectivity index (χ1) is 12.4. The predicted molar refractivity (Wildman–Crippen MR) is 99.8 cm³/mol. The Morgan fingerprint density at radius 3 is 2.63 bits per heavy atom. The van der Waals surface area contributed by atoms with Gasteiger partial charge in [-0.25, -0.2) is 0 Å². The molecule has 2 saturated carbocycles. The van der Waals surface area contributed by atoms with Crippen LogP contribution in [0.5, 0.6) is 0 Å². The number of epoxide rings is 1. The number of rotatable bonds is 1. The predicted octanol–water partition coefficient (Wildman–Crippen LogP) is 3.04. The lowest BCUT2D eigenvalue weighted by atomic mass is 9.77. The highest BCUT2D eigenvalue weighted by atomic mass is 16.6. The molecule has 0 unspecified atom stereocenters. The van der Waals surface area contributed by atoms with Crippen molar-refractivity contribution >= 4 is 11.8 Å². The van der Waals surface area contributed by atoms with Crippen LogP contribution in [0.1, 0.15) is 60.8 Å². The van der Waals surface area contributed by atoms with Crippen molar-refractivity contribution in [3.05, 3.63) is 11.6 Å². The summed E-state index contributed by atoms with van der Waals surface area (Å²) in [5.41, 5.74) is -1.08. The molecule has 0 spiro atoms. The Morgan fingerprint density at radius 2 is 2.00 bits per heavy atom. The summed E-state index contributed by atoms with van der Waals surface area (Å²) in [6.07, 6.45) is 3.56. The zero-order chi connectivity index (χ0) is 19.9. The molecule has 3 aliphatic carbocycles. The fourth-order valence-electron chi connectivity index (χ4n) is 6.12. The molecule has 5 nitrogen and oxygen atoms in total. The lowest BCUT2D eigenvalue weighted by molar-refractivity contribution is -0.156. The van der Waals surface area contributed by atoms with Gasteiger partial charge in [0.15, 0.2) is 5.78 Å². The van der Waals surface area contributed by atoms with E-state index in [-0.39, 0.29) is 34.8 Å². The topological polar surface area (TPSA) is 76.1 Å². The number of allylic oxidation sites excluding steroid dienone is 1. The number of hydrogen-bond donors (Lipinski definition) is 1. The zero-order valence-corrected chi connectivity index (χ0v) is 17.2. The number of aliphatic hydroxyl groups is 1. The second-order valence-electron chi connectivity index (χ2n) is 10.2. The van der Waals surface area contributed by atoms with Crippen molar-refractivity contribution in [2.24, 2.45) is 29.1 Å². The Morgan fingerprint density at radius 1 is 1.33 bits per heavy atom. The summed E-state index contributed by atoms with van der Waals surface area (Å²) in [7, 11) is 0. The van der Waals surface area contributed by atoms with Gasteiger partial charge in [0.1, 0.15) is 11.7 Å². The average molecular weight is 376 g/mol. The van der Waals surface area contributed by atoms with Crippen molar-refractivity contribution in [1.29, 1.82) is 0 Å². The molecule has 0 aromatic heterocycles. The lowest BCUT2D eigenvalue weighted by Gasteiger charge is -2.31. The largest absolute Gasteiger partial charge is 0.462 e. The van der Waals surface area contributed by atoms with Gasteiger partial charge in [0.2, 0.25) is 0 Å². The molecular weight excluding hydrogens is 344 g/mol. The molecule has 150 valence electrons. The van der Waals surface area contributed by atoms with Crippen molar-refractivity contribution in [1.82, 2.24) is 0 Å². The Hall–Kier alpha value is -1.20. The first kappa shape index (κ1) is 19.1. The molecule has 0 aromatic carbocycles. The van der Waals surface area contributed by atoms with Crippen LogP contribution in [-0.4, -0.2) is 40.3 Å². The fourth-order valence-corrected chi connectivity index (χ4v) is 6.12. The molecule has 1 heterocycles. The van der Waals surface area contributed by atoms with E-state index in [0.29, 0.717) is 23.8 Å². The van der Waals surface area contributed by atoms with Crippen LogP contribution < -0.4 is 0 Å². The third kappa shape index (κ3) is 2.72. The van der Waals surface area contributed by atoms with Gasteiger partial charge in [-0.15, -0.1) is 0 Å². The maximum Gasteiger partial charge on any atom is 0.302 e. The summed E-state index contributed by atoms with van der Waals surface area (Å²) in [6, 6.07) is 0. The minimum absolute atomic E-state index is 0.0952. The second kappa shape index (κ2) is 5.66. The lowest BCUT2D eigenvalue weighted by Crippen LogP contribution is -2.49. The first-order valence-corrected chi connectivity index (χ1v) is 10.2. The van der Waals surface area contributed by atoms with E-state index in [0.717, 1.165) is 12.8 Å². The summed E-state index contributed by atoms with van der Waals surface area (Å²) in [5.74, 6) is -0.310. The van der Waals surface area contributed by atoms with E-state index in [1.165, 1.54) is 6.92 Å². The van der Waals surface area contributed by atoms with E-state index in [9.17, 15) is 14.7 Å². The third-order valence-electron chi connectivity index (χ3n) is 7.94. The van der Waals surface area contributed by atoms with Gasteiger partial charge in [0.25, 0.3) is 0 Å². The summed E-state index contributed by atoms with van der Waals surface area (Å²) in [4.78, 5) is 25.1. The van der Waals surface area contributed by atoms with Gasteiger partial charge in [-0.2, -0.15) is 0 Å². The Bertz CT molecular complexity index is 724. The van der Waals surface area contributed by atoms with Crippen LogP contribution in [0.2, 0.25) is 0 Å². The second-order valence-corrected chi connectivity index (χ2v) is 10.2. The number of hydrogen-bond acceptors (Lipinski definition) is 5. The maximum absolute atomic E-state index is 13.4. The number of Topliss-reactive ketones (excluding diaryl/α,β-unsaturated/α-hetero) is 1. The van der Waals surface area contributed by atoms with Crippen molar-refractivity contribution in [2.75, 3.05) is 0 Å². The van der Waals surface area contributed by atoms with Crippen molar-refractivity contribution in [2.45, 2.75) is 84.2 Å². The van der Waals surface area contributed by atoms with Gasteiger partial charge in [-0.05, 0) is 61.9 Å². The van der Waals surface area contributed by atoms with Crippen molar-refractivity contribution < 1.29 is 24.2 Å². The number of fused-ring (bicyclic) bond motifs is 4. The highest BCUT2D eigenvalue weighted by Crippen LogP contribution is 2.64. The summed E-state index contributed by atoms with van der Waals surface area (Å²) < 4.78 is 11.7. The average Bonchev–Trinajstić information content (AvgIpc) is 3.32. The highest BCUT2D eigenvalue weighted by molar-refractivity contribution is 6.02. The van der Waals surface area contributed by atoms with E-state index in [1.807, 2.05) is 13.8 Å². The number of esters is 1. The van der Waals surface area contributed by atoms with Gasteiger partial charge in [-0.3, -0.25) is 9.59 Å². The minimum Gasteiger partial charge on any atom is -0.462 e. The molecule has 5 heteroatoms. The number of ketones is 1. The number of carbonyl (C=O) groups is 2. The molecule has 0 amide bonds. The zero-order valence-electron chi connectivity index (χ0n) is 17.2. The van der Waals surface area contributed by atoms with E-state index >= 15 is 0 Å². The highest BCUT2D eigenvalue weighted by Gasteiger charge is 2.70. The van der Waals surface area contributed by atoms with Gasteiger partial charge < -0.3 is 14.6 Å². The molecule has 0 radical (unpaired) electrons. The van der Waals surface area contributed by atoms with E-state index in [4.69, 9.17) is 9.47 Å². The summed E-state index contributed by atoms with van der Waals surface area (Å²) >= 11 is 0. The number of ether oxygens (including phenoxy) is 2. The van der Waals surface area contributed by atoms with Crippen LogP contribution in [-0.2, 0) is 19.1 Å². The third-order valence-corrected chi connectivity index (χ3v) is 7.94. The van der Waals surface area contributed by atoms with Crippen LogP contribution >= 0.6 is 0 Å². The quantitative estimate of drug-likeness (QED) is 0.562. The molecule has 1 saturated heterocycles. The molecule has 0 aromatic rings. The van der Waals surface area contributed by atoms with Crippen molar-refractivity contribution in [3.63, 3.8) is 0 Å². The molecule has 27 heavy (non-hydrogen) atoms. The standard InChI is InChI=1S/C22H32O5/c1-11-9-15-14(20(15,4)5)7-8-21(6)19(27-21)16-17(26-13(3)23)12(2)10-22(16,25)18(11)24/h9,12,14-17,19,25H,7-8,10H2,1-6H3/b11-9-/t12-,14-,15-,16+,17-,19+,21+,22+/m0/s1. The van der Waals surface area contributed by atoms with Crippen molar-refractivity contribution in [3.8, 4) is 0 Å². The normalized spacial score (nSPS) is 52.4. The van der Waals surface area contributed by atoms with E-state index in [2.05, 4.69) is 26.8 Å². The smallest absolute Gasteiger partial charge is 0.302 e. The molecule has 3 fully saturated rings. The fraction of sp³-hybridized carbons (Fsp3) is 0.818. The van der Waals surface area contributed by atoms with Crippen LogP contribution in [0.3, 0.4) is 0 Å². The summed E-state index contributed by atoms with van der Waals surface area (Å²) in [6.45, 7) is 11.7. The summed E-state index contributed by atoms with van der Waals surface area (Å²) in [5, 5.41) is 11.6. The molecule has 1 N–H and O–H groups in total. The van der Waals surface area contributed by atoms with Crippen LogP contribution in [0, 0.1) is 29.1 Å². The monoisotopic (exact) mass is 376 g/mol. The molecule has 0 bridgehead atoms. The molecular formula is C22H32O5.